The van der Waals surface area contributed by atoms with Crippen molar-refractivity contribution in [2.75, 3.05) is 5.32 Å². The molecule has 1 aliphatic rings. The maximum atomic E-state index is 12.4. The highest BCUT2D eigenvalue weighted by atomic mass is 16.1. The number of benzene rings is 1. The lowest BCUT2D eigenvalue weighted by Gasteiger charge is -2.23. The van der Waals surface area contributed by atoms with Gasteiger partial charge in [0.1, 0.15) is 0 Å². The first-order valence-electron chi connectivity index (χ1n) is 9.55. The van der Waals surface area contributed by atoms with E-state index in [4.69, 9.17) is 5.10 Å². The number of nitrogens with zero attached hydrogens (tertiary/aromatic N) is 4. The quantitative estimate of drug-likeness (QED) is 0.692. The molecule has 1 unspecified atom stereocenters. The summed E-state index contributed by atoms with van der Waals surface area (Å²) in [5.41, 5.74) is 6.53. The van der Waals surface area contributed by atoms with Crippen LogP contribution in [0, 0.1) is 20.8 Å². The normalized spacial score (nSPS) is 16.0. The molecule has 0 radical (unpaired) electrons. The van der Waals surface area contributed by atoms with E-state index in [1.54, 1.807) is 0 Å². The SMILES string of the molecule is C=CCn1nc(C)c(C2CC(=O)Nc3nn(Cc4ccccc4)c(C)c32)c1C. The molecule has 0 saturated carbocycles. The summed E-state index contributed by atoms with van der Waals surface area (Å²) in [4.78, 5) is 12.4. The van der Waals surface area contributed by atoms with Gasteiger partial charge in [-0.25, -0.2) is 0 Å². The third-order valence-corrected chi connectivity index (χ3v) is 5.51. The van der Waals surface area contributed by atoms with Crippen LogP contribution in [0.1, 0.15) is 46.1 Å². The van der Waals surface area contributed by atoms with Crippen molar-refractivity contribution in [3.63, 3.8) is 0 Å². The van der Waals surface area contributed by atoms with Crippen LogP contribution >= 0.6 is 0 Å². The highest BCUT2D eigenvalue weighted by Crippen LogP contribution is 2.41. The molecule has 0 spiro atoms. The summed E-state index contributed by atoms with van der Waals surface area (Å²) in [5, 5.41) is 12.3. The van der Waals surface area contributed by atoms with Crippen molar-refractivity contribution in [3.8, 4) is 0 Å². The molecule has 3 aromatic rings. The number of carbonyl (C=O) groups is 1. The fourth-order valence-electron chi connectivity index (χ4n) is 4.21. The molecule has 0 fully saturated rings. The predicted molar refractivity (Wildman–Crippen MR) is 109 cm³/mol. The van der Waals surface area contributed by atoms with Crippen LogP contribution in [0.15, 0.2) is 43.0 Å². The Bertz CT molecular complexity index is 1040. The first-order valence-corrected chi connectivity index (χ1v) is 9.55. The minimum absolute atomic E-state index is 0.00266. The van der Waals surface area contributed by atoms with Crippen molar-refractivity contribution in [2.24, 2.45) is 0 Å². The highest BCUT2D eigenvalue weighted by Gasteiger charge is 2.35. The van der Waals surface area contributed by atoms with Crippen LogP contribution in [0.2, 0.25) is 0 Å². The summed E-state index contributed by atoms with van der Waals surface area (Å²) in [5.74, 6) is 0.633. The Kier molecular flexibility index (Phi) is 4.63. The first-order chi connectivity index (χ1) is 13.5. The van der Waals surface area contributed by atoms with Crippen LogP contribution < -0.4 is 5.32 Å². The number of anilines is 1. The van der Waals surface area contributed by atoms with Gasteiger partial charge in [-0.3, -0.25) is 14.2 Å². The van der Waals surface area contributed by atoms with E-state index in [1.807, 2.05) is 40.6 Å². The van der Waals surface area contributed by atoms with E-state index < -0.39 is 0 Å². The maximum Gasteiger partial charge on any atom is 0.226 e. The second kappa shape index (κ2) is 7.11. The maximum absolute atomic E-state index is 12.4. The Morgan fingerprint density at radius 1 is 1.11 bits per heavy atom. The third kappa shape index (κ3) is 3.05. The van der Waals surface area contributed by atoms with Gasteiger partial charge in [-0.1, -0.05) is 36.4 Å². The molecular weight excluding hydrogens is 350 g/mol. The number of allylic oxidation sites excluding steroid dienone is 1. The van der Waals surface area contributed by atoms with Crippen molar-refractivity contribution in [1.29, 1.82) is 0 Å². The van der Waals surface area contributed by atoms with Crippen LogP contribution in [0.4, 0.5) is 5.82 Å². The number of aryl methyl sites for hydroxylation is 1. The summed E-state index contributed by atoms with van der Waals surface area (Å²) < 4.78 is 3.94. The Morgan fingerprint density at radius 3 is 2.54 bits per heavy atom. The molecule has 2 aromatic heterocycles. The Morgan fingerprint density at radius 2 is 1.82 bits per heavy atom. The van der Waals surface area contributed by atoms with Crippen molar-refractivity contribution >= 4 is 11.7 Å². The zero-order valence-electron chi connectivity index (χ0n) is 16.6. The largest absolute Gasteiger partial charge is 0.309 e. The van der Waals surface area contributed by atoms with Gasteiger partial charge in [-0.05, 0) is 26.3 Å². The summed E-state index contributed by atoms with van der Waals surface area (Å²) in [7, 11) is 0. The van der Waals surface area contributed by atoms with Crippen molar-refractivity contribution in [2.45, 2.75) is 46.2 Å². The summed E-state index contributed by atoms with van der Waals surface area (Å²) in [6.45, 7) is 11.3. The van der Waals surface area contributed by atoms with Gasteiger partial charge in [0.05, 0.1) is 18.8 Å². The van der Waals surface area contributed by atoms with E-state index in [2.05, 4.69) is 43.0 Å². The van der Waals surface area contributed by atoms with E-state index in [0.29, 0.717) is 25.3 Å². The average molecular weight is 375 g/mol. The summed E-state index contributed by atoms with van der Waals surface area (Å²) in [6, 6.07) is 10.2. The number of hydrogen-bond acceptors (Lipinski definition) is 3. The van der Waals surface area contributed by atoms with E-state index in [9.17, 15) is 4.79 Å². The third-order valence-electron chi connectivity index (χ3n) is 5.51. The second-order valence-corrected chi connectivity index (χ2v) is 7.35. The minimum Gasteiger partial charge on any atom is -0.309 e. The van der Waals surface area contributed by atoms with E-state index in [1.165, 1.54) is 5.56 Å². The number of nitrogens with one attached hydrogen (secondary N) is 1. The molecule has 1 atom stereocenters. The second-order valence-electron chi connectivity index (χ2n) is 7.35. The van der Waals surface area contributed by atoms with Gasteiger partial charge < -0.3 is 5.32 Å². The van der Waals surface area contributed by atoms with Gasteiger partial charge >= 0.3 is 0 Å². The molecule has 144 valence electrons. The first kappa shape index (κ1) is 18.2. The zero-order valence-corrected chi connectivity index (χ0v) is 16.6. The topological polar surface area (TPSA) is 64.7 Å². The fraction of sp³-hybridized carbons (Fsp3) is 0.318. The number of aromatic nitrogens is 4. The Balaban J connectivity index is 1.79. The number of fused-ring (bicyclic) bond motifs is 1. The molecule has 0 aliphatic carbocycles. The standard InChI is InChI=1S/C22H25N5O/c1-5-11-26-15(3)20(14(2)24-26)18-12-19(28)23-22-21(18)16(4)27(25-22)13-17-9-7-6-8-10-17/h5-10,18H,1,11-13H2,2-4H3,(H,23,25,28). The molecule has 1 aliphatic heterocycles. The predicted octanol–water partition coefficient (Wildman–Crippen LogP) is 3.71. The lowest BCUT2D eigenvalue weighted by Crippen LogP contribution is -2.24. The van der Waals surface area contributed by atoms with E-state index >= 15 is 0 Å². The molecule has 4 rings (SSSR count). The van der Waals surface area contributed by atoms with Gasteiger partial charge in [0.2, 0.25) is 5.91 Å². The van der Waals surface area contributed by atoms with Gasteiger partial charge in [-0.2, -0.15) is 10.2 Å². The molecule has 1 N–H and O–H groups in total. The van der Waals surface area contributed by atoms with Crippen LogP contribution in [-0.4, -0.2) is 25.5 Å². The molecular formula is C22H25N5O. The molecule has 0 saturated heterocycles. The zero-order chi connectivity index (χ0) is 19.8. The molecule has 6 heteroatoms. The van der Waals surface area contributed by atoms with Crippen molar-refractivity contribution in [1.82, 2.24) is 19.6 Å². The lowest BCUT2D eigenvalue weighted by atomic mass is 9.84. The van der Waals surface area contributed by atoms with Gasteiger partial charge in [0.15, 0.2) is 5.82 Å². The van der Waals surface area contributed by atoms with Gasteiger partial charge in [0, 0.05) is 34.9 Å². The molecule has 28 heavy (non-hydrogen) atoms. The molecule has 0 bridgehead atoms. The Labute approximate surface area is 164 Å². The van der Waals surface area contributed by atoms with Gasteiger partial charge in [0.25, 0.3) is 0 Å². The van der Waals surface area contributed by atoms with E-state index in [0.717, 1.165) is 28.2 Å². The fourth-order valence-corrected chi connectivity index (χ4v) is 4.21. The van der Waals surface area contributed by atoms with Gasteiger partial charge in [-0.15, -0.1) is 6.58 Å². The summed E-state index contributed by atoms with van der Waals surface area (Å²) >= 11 is 0. The van der Waals surface area contributed by atoms with Crippen LogP contribution in [0.25, 0.3) is 0 Å². The minimum atomic E-state index is -0.0353. The van der Waals surface area contributed by atoms with Crippen LogP contribution in [-0.2, 0) is 17.9 Å². The average Bonchev–Trinajstić information content (AvgIpc) is 3.12. The van der Waals surface area contributed by atoms with E-state index in [-0.39, 0.29) is 11.8 Å². The smallest absolute Gasteiger partial charge is 0.226 e. The van der Waals surface area contributed by atoms with Crippen LogP contribution in [0.5, 0.6) is 0 Å². The number of rotatable bonds is 5. The Hall–Kier alpha value is -3.15. The summed E-state index contributed by atoms with van der Waals surface area (Å²) in [6.07, 6.45) is 2.25. The molecule has 1 amide bonds. The molecule has 3 heterocycles. The van der Waals surface area contributed by atoms with Crippen molar-refractivity contribution in [3.05, 3.63) is 76.8 Å². The number of carbonyl (C=O) groups excluding carboxylic acids is 1. The van der Waals surface area contributed by atoms with Crippen LogP contribution in [0.3, 0.4) is 0 Å². The number of hydrogen-bond donors (Lipinski definition) is 1. The number of amides is 1. The monoisotopic (exact) mass is 375 g/mol. The molecule has 6 nitrogen and oxygen atoms in total. The molecule has 1 aromatic carbocycles. The van der Waals surface area contributed by atoms with Crippen molar-refractivity contribution < 1.29 is 4.79 Å². The highest BCUT2D eigenvalue weighted by molar-refractivity contribution is 5.94. The lowest BCUT2D eigenvalue weighted by molar-refractivity contribution is -0.116.